The number of ether oxygens (including phenoxy) is 1. The molecule has 5 nitrogen and oxygen atoms in total. The Balaban J connectivity index is 1.59. The summed E-state index contributed by atoms with van der Waals surface area (Å²) in [4.78, 5) is 2.32. The van der Waals surface area contributed by atoms with E-state index >= 15 is 0 Å². The first-order chi connectivity index (χ1) is 8.24. The van der Waals surface area contributed by atoms with E-state index in [4.69, 9.17) is 4.74 Å². The molecule has 1 aromatic rings. The summed E-state index contributed by atoms with van der Waals surface area (Å²) in [6, 6.07) is 0. The standard InChI is InChI=1S/C12H22N4O/c1-15-5-6-17-12(10-15)8-13-4-3-11-7-14-16(2)9-11/h7,9,12-13H,3-6,8,10H2,1-2H3. The van der Waals surface area contributed by atoms with Crippen molar-refractivity contribution < 1.29 is 4.74 Å². The number of nitrogens with one attached hydrogen (secondary N) is 1. The van der Waals surface area contributed by atoms with Gasteiger partial charge in [-0.05, 0) is 25.6 Å². The molecule has 1 atom stereocenters. The monoisotopic (exact) mass is 238 g/mol. The lowest BCUT2D eigenvalue weighted by molar-refractivity contribution is -0.0179. The first kappa shape index (κ1) is 12.5. The maximum Gasteiger partial charge on any atom is 0.0826 e. The lowest BCUT2D eigenvalue weighted by atomic mass is 10.2. The average molecular weight is 238 g/mol. The largest absolute Gasteiger partial charge is 0.374 e. The van der Waals surface area contributed by atoms with E-state index in [0.29, 0.717) is 6.10 Å². The third kappa shape index (κ3) is 4.11. The van der Waals surface area contributed by atoms with Crippen LogP contribution in [0.4, 0.5) is 0 Å². The maximum atomic E-state index is 5.68. The molecule has 2 rings (SSSR count). The lowest BCUT2D eigenvalue weighted by Crippen LogP contribution is -2.45. The second-order valence-electron chi connectivity index (χ2n) is 4.73. The fraction of sp³-hybridized carbons (Fsp3) is 0.750. The van der Waals surface area contributed by atoms with E-state index in [-0.39, 0.29) is 0 Å². The molecule has 0 radical (unpaired) electrons. The van der Waals surface area contributed by atoms with Crippen LogP contribution in [0.25, 0.3) is 0 Å². The summed E-state index contributed by atoms with van der Waals surface area (Å²) in [6.45, 7) is 4.84. The van der Waals surface area contributed by atoms with E-state index in [1.165, 1.54) is 5.56 Å². The summed E-state index contributed by atoms with van der Waals surface area (Å²) >= 11 is 0. The predicted molar refractivity (Wildman–Crippen MR) is 67.0 cm³/mol. The van der Waals surface area contributed by atoms with Crippen LogP contribution in [0.5, 0.6) is 0 Å². The zero-order valence-electron chi connectivity index (χ0n) is 10.7. The number of likely N-dealkylation sites (N-methyl/N-ethyl adjacent to an activating group) is 1. The first-order valence-corrected chi connectivity index (χ1v) is 6.22. The summed E-state index contributed by atoms with van der Waals surface area (Å²) in [5, 5.41) is 7.60. The van der Waals surface area contributed by atoms with Gasteiger partial charge in [-0.1, -0.05) is 0 Å². The SMILES string of the molecule is CN1CCOC(CNCCc2cnn(C)c2)C1. The number of aryl methyl sites for hydroxylation is 1. The molecule has 1 aromatic heterocycles. The summed E-state index contributed by atoms with van der Waals surface area (Å²) in [5.41, 5.74) is 1.28. The number of aromatic nitrogens is 2. The van der Waals surface area contributed by atoms with Crippen LogP contribution in [0.2, 0.25) is 0 Å². The van der Waals surface area contributed by atoms with Crippen LogP contribution in [0.15, 0.2) is 12.4 Å². The minimum Gasteiger partial charge on any atom is -0.374 e. The number of hydrogen-bond donors (Lipinski definition) is 1. The molecule has 2 heterocycles. The van der Waals surface area contributed by atoms with Crippen LogP contribution in [0, 0.1) is 0 Å². The van der Waals surface area contributed by atoms with Gasteiger partial charge in [0.1, 0.15) is 0 Å². The molecule has 0 amide bonds. The number of rotatable bonds is 5. The Kier molecular flexibility index (Phi) is 4.53. The third-order valence-electron chi connectivity index (χ3n) is 3.06. The lowest BCUT2D eigenvalue weighted by Gasteiger charge is -2.30. The van der Waals surface area contributed by atoms with Crippen molar-refractivity contribution in [2.45, 2.75) is 12.5 Å². The molecule has 0 aromatic carbocycles. The molecule has 1 fully saturated rings. The van der Waals surface area contributed by atoms with E-state index in [2.05, 4.69) is 28.6 Å². The minimum atomic E-state index is 0.336. The third-order valence-corrected chi connectivity index (χ3v) is 3.06. The molecule has 0 saturated carbocycles. The quantitative estimate of drug-likeness (QED) is 0.727. The van der Waals surface area contributed by atoms with Crippen molar-refractivity contribution in [3.8, 4) is 0 Å². The molecule has 1 aliphatic heterocycles. The van der Waals surface area contributed by atoms with Crippen molar-refractivity contribution in [2.24, 2.45) is 7.05 Å². The van der Waals surface area contributed by atoms with Gasteiger partial charge in [0.05, 0.1) is 18.9 Å². The topological polar surface area (TPSA) is 42.3 Å². The van der Waals surface area contributed by atoms with Crippen molar-refractivity contribution >= 4 is 0 Å². The van der Waals surface area contributed by atoms with E-state index < -0.39 is 0 Å². The van der Waals surface area contributed by atoms with Crippen LogP contribution in [0.3, 0.4) is 0 Å². The second kappa shape index (κ2) is 6.14. The van der Waals surface area contributed by atoms with Crippen molar-refractivity contribution in [1.82, 2.24) is 20.0 Å². The smallest absolute Gasteiger partial charge is 0.0826 e. The van der Waals surface area contributed by atoms with Gasteiger partial charge in [-0.25, -0.2) is 0 Å². The van der Waals surface area contributed by atoms with Crippen LogP contribution in [0.1, 0.15) is 5.56 Å². The molecule has 1 N–H and O–H groups in total. The van der Waals surface area contributed by atoms with Crippen molar-refractivity contribution in [3.63, 3.8) is 0 Å². The molecule has 17 heavy (non-hydrogen) atoms. The number of morpholine rings is 1. The number of hydrogen-bond acceptors (Lipinski definition) is 4. The molecule has 1 saturated heterocycles. The second-order valence-corrected chi connectivity index (χ2v) is 4.73. The zero-order chi connectivity index (χ0) is 12.1. The van der Waals surface area contributed by atoms with Gasteiger partial charge in [0.15, 0.2) is 0 Å². The van der Waals surface area contributed by atoms with Crippen molar-refractivity contribution in [1.29, 1.82) is 0 Å². The average Bonchev–Trinajstić information content (AvgIpc) is 2.71. The summed E-state index contributed by atoms with van der Waals surface area (Å²) in [7, 11) is 4.09. The molecule has 0 spiro atoms. The van der Waals surface area contributed by atoms with Crippen molar-refractivity contribution in [2.75, 3.05) is 39.8 Å². The van der Waals surface area contributed by atoms with Gasteiger partial charge in [0.25, 0.3) is 0 Å². The molecule has 0 bridgehead atoms. The van der Waals surface area contributed by atoms with Gasteiger partial charge in [0, 0.05) is 32.9 Å². The van der Waals surface area contributed by atoms with Crippen LogP contribution in [-0.2, 0) is 18.2 Å². The minimum absolute atomic E-state index is 0.336. The fourth-order valence-corrected chi connectivity index (χ4v) is 2.09. The van der Waals surface area contributed by atoms with Gasteiger partial charge in [0.2, 0.25) is 0 Å². The first-order valence-electron chi connectivity index (χ1n) is 6.22. The maximum absolute atomic E-state index is 5.68. The van der Waals surface area contributed by atoms with Crippen LogP contribution in [-0.4, -0.2) is 60.6 Å². The van der Waals surface area contributed by atoms with Crippen LogP contribution < -0.4 is 5.32 Å². The summed E-state index contributed by atoms with van der Waals surface area (Å²) < 4.78 is 7.53. The summed E-state index contributed by atoms with van der Waals surface area (Å²) in [6.07, 6.45) is 5.35. The predicted octanol–water partition coefficient (Wildman–Crippen LogP) is -0.117. The molecule has 96 valence electrons. The van der Waals surface area contributed by atoms with Gasteiger partial charge < -0.3 is 15.0 Å². The Bertz CT molecular complexity index is 339. The highest BCUT2D eigenvalue weighted by atomic mass is 16.5. The van der Waals surface area contributed by atoms with E-state index in [1.54, 1.807) is 0 Å². The van der Waals surface area contributed by atoms with E-state index in [1.807, 2.05) is 17.9 Å². The fourth-order valence-electron chi connectivity index (χ4n) is 2.09. The molecule has 1 aliphatic rings. The molecule has 0 aliphatic carbocycles. The van der Waals surface area contributed by atoms with Crippen molar-refractivity contribution in [3.05, 3.63) is 18.0 Å². The molecule has 5 heteroatoms. The van der Waals surface area contributed by atoms with Gasteiger partial charge >= 0.3 is 0 Å². The van der Waals surface area contributed by atoms with E-state index in [0.717, 1.165) is 39.2 Å². The highest BCUT2D eigenvalue weighted by Crippen LogP contribution is 2.01. The highest BCUT2D eigenvalue weighted by molar-refractivity contribution is 5.03. The Morgan fingerprint density at radius 1 is 1.53 bits per heavy atom. The molecular formula is C12H22N4O. The highest BCUT2D eigenvalue weighted by Gasteiger charge is 2.16. The molecule has 1 unspecified atom stereocenters. The normalized spacial score (nSPS) is 21.9. The zero-order valence-corrected chi connectivity index (χ0v) is 10.7. The Morgan fingerprint density at radius 2 is 2.41 bits per heavy atom. The van der Waals surface area contributed by atoms with E-state index in [9.17, 15) is 0 Å². The summed E-state index contributed by atoms with van der Waals surface area (Å²) in [5.74, 6) is 0. The van der Waals surface area contributed by atoms with Crippen LogP contribution >= 0.6 is 0 Å². The van der Waals surface area contributed by atoms with Gasteiger partial charge in [-0.15, -0.1) is 0 Å². The Labute approximate surface area is 103 Å². The Hall–Kier alpha value is -0.910. The van der Waals surface area contributed by atoms with Gasteiger partial charge in [-0.3, -0.25) is 4.68 Å². The van der Waals surface area contributed by atoms with Gasteiger partial charge in [-0.2, -0.15) is 5.10 Å². The molecular weight excluding hydrogens is 216 g/mol. The number of nitrogens with zero attached hydrogens (tertiary/aromatic N) is 3. The Morgan fingerprint density at radius 3 is 3.12 bits per heavy atom.